The molecule has 0 fully saturated rings. The van der Waals surface area contributed by atoms with Gasteiger partial charge < -0.3 is 9.73 Å². The smallest absolute Gasteiger partial charge is 0.239 e. The van der Waals surface area contributed by atoms with Gasteiger partial charge in [-0.05, 0) is 30.3 Å². The Morgan fingerprint density at radius 1 is 1.29 bits per heavy atom. The fraction of sp³-hybridized carbons (Fsp3) is 0.0667. The van der Waals surface area contributed by atoms with E-state index in [9.17, 15) is 9.18 Å². The average Bonchev–Trinajstić information content (AvgIpc) is 2.90. The highest BCUT2D eigenvalue weighted by atomic mass is 35.5. The zero-order valence-electron chi connectivity index (χ0n) is 10.8. The number of fused-ring (bicyclic) bond motifs is 1. The van der Waals surface area contributed by atoms with Gasteiger partial charge in [-0.1, -0.05) is 6.07 Å². The number of oxazole rings is 1. The van der Waals surface area contributed by atoms with Gasteiger partial charge in [0.25, 0.3) is 0 Å². The molecule has 1 amide bonds. The summed E-state index contributed by atoms with van der Waals surface area (Å²) in [6.45, 7) is 0. The lowest BCUT2D eigenvalue weighted by Crippen LogP contribution is -2.12. The minimum atomic E-state index is -0.357. The fourth-order valence-electron chi connectivity index (χ4n) is 1.94. The van der Waals surface area contributed by atoms with Crippen LogP contribution in [0, 0.1) is 5.82 Å². The SMILES string of the molecule is O=C(CCl)Nc1ccc2nc(-c3cccc(F)c3)oc2c1. The second-order valence-corrected chi connectivity index (χ2v) is 4.66. The van der Waals surface area contributed by atoms with Gasteiger partial charge >= 0.3 is 0 Å². The number of carbonyl (C=O) groups is 1. The van der Waals surface area contributed by atoms with E-state index in [0.29, 0.717) is 28.2 Å². The number of carbonyl (C=O) groups excluding carboxylic acids is 1. The molecule has 0 aliphatic carbocycles. The molecule has 0 spiro atoms. The third-order valence-corrected chi connectivity index (χ3v) is 3.11. The zero-order chi connectivity index (χ0) is 14.8. The molecule has 6 heteroatoms. The number of nitrogens with one attached hydrogen (secondary N) is 1. The van der Waals surface area contributed by atoms with Crippen LogP contribution in [0.15, 0.2) is 46.9 Å². The summed E-state index contributed by atoms with van der Waals surface area (Å²) >= 11 is 5.44. The number of benzene rings is 2. The molecular formula is C15H10ClFN2O2. The second kappa shape index (κ2) is 5.54. The van der Waals surface area contributed by atoms with Gasteiger partial charge in [-0.15, -0.1) is 11.6 Å². The van der Waals surface area contributed by atoms with Crippen LogP contribution < -0.4 is 5.32 Å². The van der Waals surface area contributed by atoms with Crippen LogP contribution in [0.1, 0.15) is 0 Å². The molecule has 0 bridgehead atoms. The Morgan fingerprint density at radius 2 is 2.14 bits per heavy atom. The lowest BCUT2D eigenvalue weighted by molar-refractivity contribution is -0.113. The van der Waals surface area contributed by atoms with E-state index < -0.39 is 0 Å². The predicted molar refractivity (Wildman–Crippen MR) is 78.8 cm³/mol. The third-order valence-electron chi connectivity index (χ3n) is 2.87. The molecule has 1 aromatic heterocycles. The highest BCUT2D eigenvalue weighted by Gasteiger charge is 2.10. The number of amides is 1. The van der Waals surface area contributed by atoms with Crippen LogP contribution >= 0.6 is 11.6 Å². The number of aromatic nitrogens is 1. The van der Waals surface area contributed by atoms with E-state index >= 15 is 0 Å². The van der Waals surface area contributed by atoms with Gasteiger partial charge in [-0.2, -0.15) is 0 Å². The van der Waals surface area contributed by atoms with E-state index in [0.717, 1.165) is 0 Å². The first-order chi connectivity index (χ1) is 10.2. The summed E-state index contributed by atoms with van der Waals surface area (Å²) in [6, 6.07) is 11.1. The quantitative estimate of drug-likeness (QED) is 0.749. The first kappa shape index (κ1) is 13.6. The molecule has 0 aliphatic heterocycles. The Bertz CT molecular complexity index is 816. The van der Waals surface area contributed by atoms with Crippen molar-refractivity contribution < 1.29 is 13.6 Å². The van der Waals surface area contributed by atoms with E-state index in [1.54, 1.807) is 30.3 Å². The average molecular weight is 305 g/mol. The molecule has 0 saturated heterocycles. The van der Waals surface area contributed by atoms with Crippen LogP contribution in [0.25, 0.3) is 22.6 Å². The van der Waals surface area contributed by atoms with Crippen LogP contribution in [0.4, 0.5) is 10.1 Å². The van der Waals surface area contributed by atoms with Crippen molar-refractivity contribution in [2.75, 3.05) is 11.2 Å². The Balaban J connectivity index is 1.98. The summed E-state index contributed by atoms with van der Waals surface area (Å²) in [5.74, 6) is -0.459. The van der Waals surface area contributed by atoms with Gasteiger partial charge in [0.2, 0.25) is 11.8 Å². The summed E-state index contributed by atoms with van der Waals surface area (Å²) in [5.41, 5.74) is 2.24. The first-order valence-corrected chi connectivity index (χ1v) is 6.71. The summed E-state index contributed by atoms with van der Waals surface area (Å²) in [5, 5.41) is 2.62. The van der Waals surface area contributed by atoms with Crippen molar-refractivity contribution in [1.29, 1.82) is 0 Å². The Morgan fingerprint density at radius 3 is 2.90 bits per heavy atom. The van der Waals surface area contributed by atoms with Crippen molar-refractivity contribution in [2.24, 2.45) is 0 Å². The van der Waals surface area contributed by atoms with Crippen molar-refractivity contribution in [3.63, 3.8) is 0 Å². The van der Waals surface area contributed by atoms with Crippen molar-refractivity contribution in [3.8, 4) is 11.5 Å². The van der Waals surface area contributed by atoms with Gasteiger partial charge in [0.1, 0.15) is 17.2 Å². The highest BCUT2D eigenvalue weighted by Crippen LogP contribution is 2.26. The molecular weight excluding hydrogens is 295 g/mol. The summed E-state index contributed by atoms with van der Waals surface area (Å²) in [7, 11) is 0. The number of hydrogen-bond donors (Lipinski definition) is 1. The molecule has 0 radical (unpaired) electrons. The number of hydrogen-bond acceptors (Lipinski definition) is 3. The van der Waals surface area contributed by atoms with Crippen LogP contribution in [0.5, 0.6) is 0 Å². The van der Waals surface area contributed by atoms with E-state index in [1.807, 2.05) is 0 Å². The lowest BCUT2D eigenvalue weighted by atomic mass is 10.2. The summed E-state index contributed by atoms with van der Waals surface area (Å²) in [6.07, 6.45) is 0. The molecule has 0 atom stereocenters. The number of anilines is 1. The van der Waals surface area contributed by atoms with E-state index in [4.69, 9.17) is 16.0 Å². The molecule has 1 N–H and O–H groups in total. The monoisotopic (exact) mass is 304 g/mol. The molecule has 106 valence electrons. The van der Waals surface area contributed by atoms with E-state index in [1.165, 1.54) is 12.1 Å². The maximum Gasteiger partial charge on any atom is 0.239 e. The van der Waals surface area contributed by atoms with Gasteiger partial charge in [0, 0.05) is 17.3 Å². The van der Waals surface area contributed by atoms with Crippen LogP contribution in [0.2, 0.25) is 0 Å². The molecule has 0 saturated carbocycles. The van der Waals surface area contributed by atoms with Crippen molar-refractivity contribution in [2.45, 2.75) is 0 Å². The molecule has 2 aromatic carbocycles. The molecule has 0 unspecified atom stereocenters. The van der Waals surface area contributed by atoms with Crippen molar-refractivity contribution >= 4 is 34.3 Å². The van der Waals surface area contributed by atoms with E-state index in [-0.39, 0.29) is 17.6 Å². The van der Waals surface area contributed by atoms with Crippen molar-refractivity contribution in [3.05, 3.63) is 48.3 Å². The zero-order valence-corrected chi connectivity index (χ0v) is 11.5. The molecule has 1 heterocycles. The summed E-state index contributed by atoms with van der Waals surface area (Å²) < 4.78 is 18.8. The summed E-state index contributed by atoms with van der Waals surface area (Å²) in [4.78, 5) is 15.5. The molecule has 3 rings (SSSR count). The largest absolute Gasteiger partial charge is 0.436 e. The molecule has 3 aromatic rings. The third kappa shape index (κ3) is 2.87. The van der Waals surface area contributed by atoms with Crippen LogP contribution in [-0.4, -0.2) is 16.8 Å². The van der Waals surface area contributed by atoms with Crippen molar-refractivity contribution in [1.82, 2.24) is 4.98 Å². The van der Waals surface area contributed by atoms with Gasteiger partial charge in [-0.3, -0.25) is 4.79 Å². The Labute approximate surface area is 124 Å². The standard InChI is InChI=1S/C15H10ClFN2O2/c16-8-14(20)18-11-4-5-12-13(7-11)21-15(19-12)9-2-1-3-10(17)6-9/h1-7H,8H2,(H,18,20). The van der Waals surface area contributed by atoms with Gasteiger partial charge in [0.15, 0.2) is 5.58 Å². The lowest BCUT2D eigenvalue weighted by Gasteiger charge is -2.01. The minimum absolute atomic E-state index is 0.122. The fourth-order valence-corrected chi connectivity index (χ4v) is 2.01. The van der Waals surface area contributed by atoms with Gasteiger partial charge in [-0.25, -0.2) is 9.37 Å². The van der Waals surface area contributed by atoms with Crippen LogP contribution in [0.3, 0.4) is 0 Å². The normalized spacial score (nSPS) is 10.8. The maximum atomic E-state index is 13.2. The number of rotatable bonds is 3. The predicted octanol–water partition coefficient (Wildman–Crippen LogP) is 3.81. The molecule has 21 heavy (non-hydrogen) atoms. The van der Waals surface area contributed by atoms with Gasteiger partial charge in [0.05, 0.1) is 0 Å². The van der Waals surface area contributed by atoms with E-state index in [2.05, 4.69) is 10.3 Å². The number of alkyl halides is 1. The second-order valence-electron chi connectivity index (χ2n) is 4.39. The first-order valence-electron chi connectivity index (χ1n) is 6.18. The maximum absolute atomic E-state index is 13.2. The Hall–Kier alpha value is -2.40. The molecule has 4 nitrogen and oxygen atoms in total. The number of nitrogens with zero attached hydrogens (tertiary/aromatic N) is 1. The molecule has 0 aliphatic rings. The highest BCUT2D eigenvalue weighted by molar-refractivity contribution is 6.29. The van der Waals surface area contributed by atoms with Crippen LogP contribution in [-0.2, 0) is 4.79 Å². The topological polar surface area (TPSA) is 55.1 Å². The number of halogens is 2. The minimum Gasteiger partial charge on any atom is -0.436 e. The Kier molecular flexibility index (Phi) is 3.58.